The standard InChI is InChI=1S/C17H26N6O/c1-16(2)9-8-13(11-17(3,4)23(16)24)21-15(20-12-18)22-14-7-5-6-10-19-14/h5-7,10,13,24H,8-9,11H2,1-4H3,(H2,19,20,21,22). The normalized spacial score (nSPS) is 23.8. The monoisotopic (exact) mass is 330 g/mol. The van der Waals surface area contributed by atoms with Crippen molar-refractivity contribution in [2.75, 3.05) is 5.32 Å². The van der Waals surface area contributed by atoms with Crippen LogP contribution in [0.1, 0.15) is 47.0 Å². The summed E-state index contributed by atoms with van der Waals surface area (Å²) < 4.78 is 0. The van der Waals surface area contributed by atoms with E-state index in [1.807, 2.05) is 52.1 Å². The maximum absolute atomic E-state index is 10.5. The fourth-order valence-electron chi connectivity index (χ4n) is 3.21. The number of aromatic nitrogens is 1. The summed E-state index contributed by atoms with van der Waals surface area (Å²) in [6.07, 6.45) is 5.91. The Hall–Kier alpha value is -2.17. The minimum Gasteiger partial charge on any atom is -0.313 e. The Morgan fingerprint density at radius 3 is 2.75 bits per heavy atom. The molecule has 130 valence electrons. The van der Waals surface area contributed by atoms with Crippen LogP contribution in [-0.4, -0.2) is 38.3 Å². The second-order valence-corrected chi connectivity index (χ2v) is 7.39. The molecule has 1 aliphatic rings. The predicted octanol–water partition coefficient (Wildman–Crippen LogP) is 2.72. The highest BCUT2D eigenvalue weighted by Crippen LogP contribution is 2.36. The van der Waals surface area contributed by atoms with Gasteiger partial charge >= 0.3 is 0 Å². The Bertz CT molecular complexity index is 620. The summed E-state index contributed by atoms with van der Waals surface area (Å²) in [7, 11) is 0. The van der Waals surface area contributed by atoms with E-state index in [2.05, 4.69) is 20.6 Å². The van der Waals surface area contributed by atoms with Gasteiger partial charge in [0.15, 0.2) is 6.19 Å². The lowest BCUT2D eigenvalue weighted by atomic mass is 9.94. The summed E-state index contributed by atoms with van der Waals surface area (Å²) in [5.41, 5.74) is -0.720. The molecule has 1 saturated heterocycles. The van der Waals surface area contributed by atoms with Crippen molar-refractivity contribution in [3.05, 3.63) is 24.4 Å². The molecular weight excluding hydrogens is 304 g/mol. The van der Waals surface area contributed by atoms with Gasteiger partial charge in [0.2, 0.25) is 5.96 Å². The van der Waals surface area contributed by atoms with Crippen molar-refractivity contribution >= 4 is 11.8 Å². The summed E-state index contributed by atoms with van der Waals surface area (Å²) in [4.78, 5) is 8.86. The molecular formula is C17H26N6O. The summed E-state index contributed by atoms with van der Waals surface area (Å²) in [6, 6.07) is 5.49. The second kappa shape index (κ2) is 7.16. The number of nitrogens with one attached hydrogen (secondary N) is 2. The molecule has 0 amide bonds. The van der Waals surface area contributed by atoms with E-state index in [0.29, 0.717) is 18.2 Å². The first-order valence-electron chi connectivity index (χ1n) is 8.15. The van der Waals surface area contributed by atoms with Crippen LogP contribution in [0.15, 0.2) is 29.4 Å². The fourth-order valence-corrected chi connectivity index (χ4v) is 3.21. The van der Waals surface area contributed by atoms with Crippen LogP contribution in [-0.2, 0) is 0 Å². The molecule has 1 atom stereocenters. The summed E-state index contributed by atoms with van der Waals surface area (Å²) in [6.45, 7) is 8.07. The molecule has 1 aliphatic heterocycles. The van der Waals surface area contributed by atoms with Gasteiger partial charge in [0.25, 0.3) is 0 Å². The smallest absolute Gasteiger partial charge is 0.210 e. The molecule has 1 fully saturated rings. The molecule has 0 aromatic carbocycles. The van der Waals surface area contributed by atoms with Gasteiger partial charge in [-0.3, -0.25) is 5.32 Å². The van der Waals surface area contributed by atoms with Gasteiger partial charge in [-0.05, 0) is 59.1 Å². The Balaban J connectivity index is 2.21. The van der Waals surface area contributed by atoms with Crippen molar-refractivity contribution in [1.82, 2.24) is 15.4 Å². The minimum atomic E-state index is -0.406. The van der Waals surface area contributed by atoms with E-state index in [1.165, 1.54) is 5.06 Å². The number of aliphatic imine (C=N–C) groups is 1. The lowest BCUT2D eigenvalue weighted by molar-refractivity contribution is -0.221. The number of nitrogens with zero attached hydrogens (tertiary/aromatic N) is 4. The van der Waals surface area contributed by atoms with Crippen molar-refractivity contribution in [3.8, 4) is 6.19 Å². The van der Waals surface area contributed by atoms with E-state index in [1.54, 1.807) is 6.20 Å². The summed E-state index contributed by atoms with van der Waals surface area (Å²) in [5.74, 6) is 0.997. The fraction of sp³-hybridized carbons (Fsp3) is 0.588. The number of hydroxylamine groups is 2. The number of rotatable bonds is 2. The lowest BCUT2D eigenvalue weighted by Gasteiger charge is -2.42. The maximum Gasteiger partial charge on any atom is 0.210 e. The van der Waals surface area contributed by atoms with Crippen molar-refractivity contribution in [2.45, 2.75) is 64.1 Å². The molecule has 0 saturated carbocycles. The van der Waals surface area contributed by atoms with Crippen molar-refractivity contribution in [2.24, 2.45) is 4.99 Å². The third kappa shape index (κ3) is 4.43. The zero-order chi connectivity index (χ0) is 17.8. The number of hydrogen-bond acceptors (Lipinski definition) is 5. The molecule has 3 N–H and O–H groups in total. The van der Waals surface area contributed by atoms with Gasteiger partial charge in [-0.1, -0.05) is 6.07 Å². The highest BCUT2D eigenvalue weighted by molar-refractivity contribution is 5.93. The van der Waals surface area contributed by atoms with Gasteiger partial charge in [-0.2, -0.15) is 10.3 Å². The molecule has 0 spiro atoms. The quantitative estimate of drug-likeness (QED) is 0.334. The maximum atomic E-state index is 10.5. The van der Waals surface area contributed by atoms with E-state index >= 15 is 0 Å². The van der Waals surface area contributed by atoms with Gasteiger partial charge in [0.05, 0.1) is 6.04 Å². The molecule has 0 bridgehead atoms. The van der Waals surface area contributed by atoms with Gasteiger partial charge in [-0.25, -0.2) is 9.98 Å². The Kier molecular flexibility index (Phi) is 5.42. The number of pyridine rings is 1. The topological polar surface area (TPSA) is 96.6 Å². The minimum absolute atomic E-state index is 0.0107. The SMILES string of the molecule is CC1(C)CCC(N=C(NC#N)Nc2ccccn2)CC(C)(C)N1O. The number of nitriles is 1. The predicted molar refractivity (Wildman–Crippen MR) is 93.5 cm³/mol. The number of hydrogen-bond donors (Lipinski definition) is 3. The van der Waals surface area contributed by atoms with E-state index in [0.717, 1.165) is 12.8 Å². The van der Waals surface area contributed by atoms with Gasteiger partial charge in [0.1, 0.15) is 5.82 Å². The molecule has 1 aromatic rings. The molecule has 1 aromatic heterocycles. The van der Waals surface area contributed by atoms with Crippen LogP contribution in [0.4, 0.5) is 5.82 Å². The van der Waals surface area contributed by atoms with Crippen molar-refractivity contribution in [3.63, 3.8) is 0 Å². The highest BCUT2D eigenvalue weighted by atomic mass is 16.5. The zero-order valence-electron chi connectivity index (χ0n) is 14.7. The largest absolute Gasteiger partial charge is 0.313 e. The highest BCUT2D eigenvalue weighted by Gasteiger charge is 2.41. The van der Waals surface area contributed by atoms with E-state index in [9.17, 15) is 5.21 Å². The van der Waals surface area contributed by atoms with Crippen LogP contribution in [0.3, 0.4) is 0 Å². The lowest BCUT2D eigenvalue weighted by Crippen LogP contribution is -2.52. The third-order valence-electron chi connectivity index (χ3n) is 4.37. The van der Waals surface area contributed by atoms with Crippen LogP contribution in [0.5, 0.6) is 0 Å². The van der Waals surface area contributed by atoms with Gasteiger partial charge in [0, 0.05) is 17.3 Å². The average Bonchev–Trinajstić information content (AvgIpc) is 2.59. The Morgan fingerprint density at radius 1 is 1.38 bits per heavy atom. The van der Waals surface area contributed by atoms with E-state index in [4.69, 9.17) is 5.26 Å². The molecule has 7 heteroatoms. The molecule has 0 radical (unpaired) electrons. The summed E-state index contributed by atoms with van der Waals surface area (Å²) in [5, 5.41) is 26.6. The first-order valence-corrected chi connectivity index (χ1v) is 8.15. The Morgan fingerprint density at radius 2 is 2.12 bits per heavy atom. The van der Waals surface area contributed by atoms with E-state index < -0.39 is 5.54 Å². The molecule has 1 unspecified atom stereocenters. The van der Waals surface area contributed by atoms with Gasteiger partial charge < -0.3 is 10.5 Å². The van der Waals surface area contributed by atoms with Crippen LogP contribution >= 0.6 is 0 Å². The Labute approximate surface area is 143 Å². The average molecular weight is 330 g/mol. The first kappa shape index (κ1) is 18.2. The van der Waals surface area contributed by atoms with Crippen LogP contribution in [0, 0.1) is 11.5 Å². The number of anilines is 1. The van der Waals surface area contributed by atoms with Crippen LogP contribution in [0.2, 0.25) is 0 Å². The van der Waals surface area contributed by atoms with Crippen molar-refractivity contribution < 1.29 is 5.21 Å². The molecule has 7 nitrogen and oxygen atoms in total. The molecule has 0 aliphatic carbocycles. The number of guanidine groups is 1. The molecule has 2 heterocycles. The molecule has 2 rings (SSSR count). The van der Waals surface area contributed by atoms with Crippen molar-refractivity contribution in [1.29, 1.82) is 5.26 Å². The van der Waals surface area contributed by atoms with Crippen LogP contribution < -0.4 is 10.6 Å². The van der Waals surface area contributed by atoms with Crippen LogP contribution in [0.25, 0.3) is 0 Å². The summed E-state index contributed by atoms with van der Waals surface area (Å²) >= 11 is 0. The first-order chi connectivity index (χ1) is 11.2. The van der Waals surface area contributed by atoms with Gasteiger partial charge in [-0.15, -0.1) is 0 Å². The molecule has 24 heavy (non-hydrogen) atoms. The zero-order valence-corrected chi connectivity index (χ0v) is 14.7. The third-order valence-corrected chi connectivity index (χ3v) is 4.37. The second-order valence-electron chi connectivity index (χ2n) is 7.39. The van der Waals surface area contributed by atoms with E-state index in [-0.39, 0.29) is 11.6 Å².